The number of nitrogens with zero attached hydrogens (tertiary/aromatic N) is 3. The maximum atomic E-state index is 12.5. The van der Waals surface area contributed by atoms with Gasteiger partial charge in [0.05, 0.1) is 28.9 Å². The van der Waals surface area contributed by atoms with Gasteiger partial charge in [0, 0.05) is 22.6 Å². The van der Waals surface area contributed by atoms with E-state index in [1.54, 1.807) is 18.4 Å². The van der Waals surface area contributed by atoms with Gasteiger partial charge < -0.3 is 15.2 Å². The number of nitro groups is 1. The molecule has 0 fully saturated rings. The summed E-state index contributed by atoms with van der Waals surface area (Å²) >= 11 is 2.77. The zero-order chi connectivity index (χ0) is 23.5. The van der Waals surface area contributed by atoms with Crippen molar-refractivity contribution < 1.29 is 19.6 Å². The van der Waals surface area contributed by atoms with E-state index in [4.69, 9.17) is 4.74 Å². The second kappa shape index (κ2) is 9.43. The molecule has 0 spiro atoms. The molecule has 1 amide bonds. The summed E-state index contributed by atoms with van der Waals surface area (Å²) in [6, 6.07) is 11.1. The van der Waals surface area contributed by atoms with E-state index in [-0.39, 0.29) is 22.9 Å². The summed E-state index contributed by atoms with van der Waals surface area (Å²) in [5.41, 5.74) is 1.73. The average Bonchev–Trinajstić information content (AvgIpc) is 3.15. The van der Waals surface area contributed by atoms with Gasteiger partial charge in [-0.1, -0.05) is 23.9 Å². The van der Waals surface area contributed by atoms with Gasteiger partial charge in [0.25, 0.3) is 5.69 Å². The molecule has 11 heteroatoms. The predicted octanol–water partition coefficient (Wildman–Crippen LogP) is 5.02. The van der Waals surface area contributed by atoms with Crippen LogP contribution in [0.4, 0.5) is 11.4 Å². The molecule has 168 valence electrons. The number of phenolic OH excluding ortho intramolecular Hbond substituents is 1. The number of hydrogen-bond acceptors (Lipinski definition) is 9. The number of carbonyl (C=O) groups excluding carboxylic acids is 1. The first-order valence-electron chi connectivity index (χ1n) is 9.66. The number of aromatic nitrogens is 2. The van der Waals surface area contributed by atoms with Gasteiger partial charge in [-0.05, 0) is 30.7 Å². The monoisotopic (exact) mass is 482 g/mol. The molecule has 4 rings (SSSR count). The van der Waals surface area contributed by atoms with Gasteiger partial charge in [0.1, 0.15) is 27.7 Å². The summed E-state index contributed by atoms with van der Waals surface area (Å²) < 4.78 is 5.24. The first-order valence-corrected chi connectivity index (χ1v) is 11.5. The number of non-ortho nitro benzene ring substituents is 1. The van der Waals surface area contributed by atoms with E-state index >= 15 is 0 Å². The minimum absolute atomic E-state index is 0.00874. The third kappa shape index (κ3) is 4.73. The number of ether oxygens (including phenoxy) is 1. The Morgan fingerprint density at radius 1 is 1.24 bits per heavy atom. The summed E-state index contributed by atoms with van der Waals surface area (Å²) in [6.07, 6.45) is 1.46. The number of amides is 1. The quantitative estimate of drug-likeness (QED) is 0.124. The number of anilines is 1. The third-order valence-electron chi connectivity index (χ3n) is 4.81. The fraction of sp³-hybridized carbons (Fsp3) is 0.136. The normalized spacial score (nSPS) is 10.8. The van der Waals surface area contributed by atoms with Crippen molar-refractivity contribution in [1.29, 1.82) is 0 Å². The highest BCUT2D eigenvalue weighted by Gasteiger charge is 2.19. The van der Waals surface area contributed by atoms with Gasteiger partial charge in [0.15, 0.2) is 0 Å². The number of aryl methyl sites for hydroxylation is 1. The van der Waals surface area contributed by atoms with Crippen molar-refractivity contribution in [3.05, 3.63) is 63.8 Å². The molecule has 0 aliphatic rings. The van der Waals surface area contributed by atoms with Crippen LogP contribution in [0, 0.1) is 17.0 Å². The van der Waals surface area contributed by atoms with E-state index in [0.29, 0.717) is 5.03 Å². The number of rotatable bonds is 7. The number of thioether (sulfide) groups is 1. The van der Waals surface area contributed by atoms with Crippen molar-refractivity contribution in [2.45, 2.75) is 11.9 Å². The Hall–Kier alpha value is -3.70. The molecule has 0 radical (unpaired) electrons. The molecular weight excluding hydrogens is 464 g/mol. The number of fused-ring (bicyclic) bond motifs is 1. The number of carbonyl (C=O) groups is 1. The third-order valence-corrected chi connectivity index (χ3v) is 6.82. The maximum Gasteiger partial charge on any atom is 0.271 e. The molecule has 0 aliphatic heterocycles. The molecule has 9 nitrogen and oxygen atoms in total. The van der Waals surface area contributed by atoms with Gasteiger partial charge in [-0.2, -0.15) is 0 Å². The summed E-state index contributed by atoms with van der Waals surface area (Å²) in [6.45, 7) is 2.01. The summed E-state index contributed by atoms with van der Waals surface area (Å²) in [5.74, 6) is 0.0626. The second-order valence-electron chi connectivity index (χ2n) is 6.92. The van der Waals surface area contributed by atoms with Crippen molar-refractivity contribution in [3.8, 4) is 22.6 Å². The molecule has 2 aromatic carbocycles. The zero-order valence-corrected chi connectivity index (χ0v) is 19.2. The Morgan fingerprint density at radius 2 is 2.00 bits per heavy atom. The summed E-state index contributed by atoms with van der Waals surface area (Å²) in [7, 11) is 1.61. The molecule has 0 saturated carbocycles. The van der Waals surface area contributed by atoms with E-state index in [1.807, 2.05) is 31.2 Å². The SMILES string of the molecule is COc1ccc(-c2c(C)sc3ncnc(SCC(=O)Nc4cc([N+](=O)[O-])ccc4O)c23)cc1. The summed E-state index contributed by atoms with van der Waals surface area (Å²) in [4.78, 5) is 33.5. The fourth-order valence-electron chi connectivity index (χ4n) is 3.29. The molecule has 0 aliphatic carbocycles. The highest BCUT2D eigenvalue weighted by Crippen LogP contribution is 2.41. The second-order valence-corrected chi connectivity index (χ2v) is 9.08. The van der Waals surface area contributed by atoms with Gasteiger partial charge in [-0.25, -0.2) is 9.97 Å². The number of phenols is 1. The lowest BCUT2D eigenvalue weighted by Gasteiger charge is -2.09. The standard InChI is InChI=1S/C22H18N4O5S2/c1-12-19(13-3-6-15(31-2)7-4-13)20-21(23-11-24-22(20)33-12)32-10-18(28)25-16-9-14(26(29)30)5-8-17(16)27/h3-9,11,27H,10H2,1-2H3,(H,25,28). The molecule has 2 aromatic heterocycles. The summed E-state index contributed by atoms with van der Waals surface area (Å²) in [5, 5.41) is 24.9. The van der Waals surface area contributed by atoms with Crippen LogP contribution in [0.15, 0.2) is 53.8 Å². The Morgan fingerprint density at radius 3 is 2.70 bits per heavy atom. The Labute approximate surface area is 196 Å². The van der Waals surface area contributed by atoms with Gasteiger partial charge in [0.2, 0.25) is 5.91 Å². The van der Waals surface area contributed by atoms with Crippen LogP contribution in [-0.4, -0.2) is 38.8 Å². The largest absolute Gasteiger partial charge is 0.506 e. The van der Waals surface area contributed by atoms with E-state index in [2.05, 4.69) is 15.3 Å². The highest BCUT2D eigenvalue weighted by atomic mass is 32.2. The van der Waals surface area contributed by atoms with Crippen LogP contribution in [0.1, 0.15) is 4.88 Å². The Kier molecular flexibility index (Phi) is 6.43. The number of benzene rings is 2. The van der Waals surface area contributed by atoms with Gasteiger partial charge in [-0.15, -0.1) is 11.3 Å². The molecule has 0 bridgehead atoms. The van der Waals surface area contributed by atoms with Crippen LogP contribution < -0.4 is 10.1 Å². The minimum atomic E-state index is -0.596. The molecule has 0 saturated heterocycles. The number of aromatic hydroxyl groups is 1. The molecule has 0 unspecified atom stereocenters. The van der Waals surface area contributed by atoms with Crippen molar-refractivity contribution in [2.24, 2.45) is 0 Å². The van der Waals surface area contributed by atoms with Crippen LogP contribution >= 0.6 is 23.1 Å². The topological polar surface area (TPSA) is 127 Å². The minimum Gasteiger partial charge on any atom is -0.506 e. The highest BCUT2D eigenvalue weighted by molar-refractivity contribution is 8.00. The lowest BCUT2D eigenvalue weighted by Crippen LogP contribution is -2.14. The average molecular weight is 483 g/mol. The molecule has 33 heavy (non-hydrogen) atoms. The Bertz CT molecular complexity index is 1360. The number of hydrogen-bond donors (Lipinski definition) is 2. The van der Waals surface area contributed by atoms with Crippen molar-refractivity contribution in [3.63, 3.8) is 0 Å². The molecular formula is C22H18N4O5S2. The number of nitro benzene ring substituents is 1. The van der Waals surface area contributed by atoms with Crippen LogP contribution in [0.3, 0.4) is 0 Å². The fourth-order valence-corrected chi connectivity index (χ4v) is 5.17. The molecule has 2 N–H and O–H groups in total. The molecule has 0 atom stereocenters. The van der Waals surface area contributed by atoms with Crippen molar-refractivity contribution in [2.75, 3.05) is 18.2 Å². The van der Waals surface area contributed by atoms with E-state index < -0.39 is 10.8 Å². The first kappa shape index (κ1) is 22.5. The first-order chi connectivity index (χ1) is 15.9. The van der Waals surface area contributed by atoms with Crippen molar-refractivity contribution >= 4 is 50.6 Å². The van der Waals surface area contributed by atoms with E-state index in [1.165, 1.54) is 24.2 Å². The number of methoxy groups -OCH3 is 1. The smallest absolute Gasteiger partial charge is 0.271 e. The predicted molar refractivity (Wildman–Crippen MR) is 128 cm³/mol. The number of thiophene rings is 1. The Balaban J connectivity index is 1.59. The molecule has 4 aromatic rings. The lowest BCUT2D eigenvalue weighted by molar-refractivity contribution is -0.384. The van der Waals surface area contributed by atoms with Crippen LogP contribution in [-0.2, 0) is 4.79 Å². The van der Waals surface area contributed by atoms with E-state index in [0.717, 1.165) is 44.1 Å². The maximum absolute atomic E-state index is 12.5. The van der Waals surface area contributed by atoms with Gasteiger partial charge >= 0.3 is 0 Å². The van der Waals surface area contributed by atoms with Crippen molar-refractivity contribution in [1.82, 2.24) is 9.97 Å². The van der Waals surface area contributed by atoms with Crippen LogP contribution in [0.5, 0.6) is 11.5 Å². The number of nitrogens with one attached hydrogen (secondary N) is 1. The van der Waals surface area contributed by atoms with E-state index in [9.17, 15) is 20.0 Å². The van der Waals surface area contributed by atoms with Gasteiger partial charge in [-0.3, -0.25) is 14.9 Å². The van der Waals surface area contributed by atoms with Crippen LogP contribution in [0.25, 0.3) is 21.3 Å². The lowest BCUT2D eigenvalue weighted by atomic mass is 10.0. The molecule has 2 heterocycles. The van der Waals surface area contributed by atoms with Crippen LogP contribution in [0.2, 0.25) is 0 Å². The zero-order valence-electron chi connectivity index (χ0n) is 17.6.